The highest BCUT2D eigenvalue weighted by molar-refractivity contribution is 9.09. The molecule has 7 rings (SSSR count). The lowest BCUT2D eigenvalue weighted by Gasteiger charge is -2.14. The molecule has 0 unspecified atom stereocenters. The number of hydrogen-bond donors (Lipinski definition) is 0. The van der Waals surface area contributed by atoms with Crippen molar-refractivity contribution in [2.75, 3.05) is 0 Å². The summed E-state index contributed by atoms with van der Waals surface area (Å²) < 4.78 is 20.8. The highest BCUT2D eigenvalue weighted by Crippen LogP contribution is 2.25. The Labute approximate surface area is 448 Å². The summed E-state index contributed by atoms with van der Waals surface area (Å²) in [6.07, 6.45) is 44.8. The first-order valence-electron chi connectivity index (χ1n) is 25.4. The van der Waals surface area contributed by atoms with E-state index in [1.807, 2.05) is 18.7 Å². The van der Waals surface area contributed by atoms with Gasteiger partial charge in [0.05, 0.1) is 32.5 Å². The van der Waals surface area contributed by atoms with Crippen molar-refractivity contribution in [2.45, 2.75) is 179 Å². The number of imidazole rings is 5. The molecule has 5 heterocycles. The van der Waals surface area contributed by atoms with Crippen LogP contribution in [0, 0.1) is 0 Å². The van der Waals surface area contributed by atoms with Crippen molar-refractivity contribution < 1.29 is 18.3 Å². The van der Waals surface area contributed by atoms with E-state index in [9.17, 15) is 0 Å². The molecule has 0 aliphatic carbocycles. The molecule has 0 N–H and O–H groups in total. The highest BCUT2D eigenvalue weighted by atomic mass is 79.9. The minimum absolute atomic E-state index is 0.863. The minimum Gasteiger partial charge on any atom is -0.337 e. The Bertz CT molecular complexity index is 2190. The van der Waals surface area contributed by atoms with E-state index in [1.165, 1.54) is 109 Å². The average molecular weight is 1200 g/mol. The first kappa shape index (κ1) is 56.3. The maximum atomic E-state index is 3.94. The zero-order valence-corrected chi connectivity index (χ0v) is 48.6. The molecule has 10 nitrogen and oxygen atoms in total. The Morgan fingerprint density at radius 1 is 0.362 bits per heavy atom. The Morgan fingerprint density at radius 3 is 0.855 bits per heavy atom. The third kappa shape index (κ3) is 18.8. The zero-order valence-electron chi connectivity index (χ0n) is 42.2. The molecule has 0 atom stereocenters. The molecule has 0 bridgehead atoms. The van der Waals surface area contributed by atoms with Crippen molar-refractivity contribution in [1.29, 1.82) is 0 Å². The van der Waals surface area contributed by atoms with Crippen LogP contribution in [0.1, 0.15) is 143 Å². The van der Waals surface area contributed by atoms with Gasteiger partial charge < -0.3 is 4.57 Å². The second-order valence-corrected chi connectivity index (χ2v) is 20.4. The summed E-state index contributed by atoms with van der Waals surface area (Å²) in [5.74, 6) is 0. The van der Waals surface area contributed by atoms with Crippen LogP contribution in [0.25, 0.3) is 0 Å². The summed E-state index contributed by atoms with van der Waals surface area (Å²) in [6.45, 7) is 20.1. The normalized spacial score (nSPS) is 11.1. The Morgan fingerprint density at radius 2 is 0.623 bits per heavy atom. The van der Waals surface area contributed by atoms with Crippen molar-refractivity contribution in [1.82, 2.24) is 27.8 Å². The number of halogens is 4. The first-order chi connectivity index (χ1) is 33.8. The predicted octanol–water partition coefficient (Wildman–Crippen LogP) is 12.4. The molecule has 0 saturated carbocycles. The van der Waals surface area contributed by atoms with Crippen molar-refractivity contribution >= 4 is 63.7 Å². The second-order valence-electron chi connectivity index (χ2n) is 18.2. The van der Waals surface area contributed by atoms with Gasteiger partial charge in [-0.2, -0.15) is 0 Å². The van der Waals surface area contributed by atoms with E-state index in [1.54, 1.807) is 0 Å². The Kier molecular flexibility index (Phi) is 25.9. The van der Waals surface area contributed by atoms with Crippen LogP contribution >= 0.6 is 63.7 Å². The monoisotopic (exact) mass is 1200 g/mol. The van der Waals surface area contributed by atoms with E-state index >= 15 is 0 Å². The average Bonchev–Trinajstić information content (AvgIpc) is 4.25. The van der Waals surface area contributed by atoms with Crippen molar-refractivity contribution in [2.24, 2.45) is 0 Å². The van der Waals surface area contributed by atoms with Gasteiger partial charge in [-0.05, 0) is 66.5 Å². The lowest BCUT2D eigenvalue weighted by Crippen LogP contribution is -2.38. The summed E-state index contributed by atoms with van der Waals surface area (Å²) in [5.41, 5.74) is 11.0. The van der Waals surface area contributed by atoms with E-state index in [0.717, 1.165) is 80.2 Å². The molecule has 14 heteroatoms. The number of rotatable bonds is 27. The van der Waals surface area contributed by atoms with Gasteiger partial charge in [-0.1, -0.05) is 143 Å². The van der Waals surface area contributed by atoms with Gasteiger partial charge in [-0.3, -0.25) is 0 Å². The van der Waals surface area contributed by atoms with Crippen molar-refractivity contribution in [3.63, 3.8) is 0 Å². The van der Waals surface area contributed by atoms with Gasteiger partial charge in [0.1, 0.15) is 75.8 Å². The molecular formula is C55H80Br4N10+4. The number of aromatic nitrogens is 10. The Balaban J connectivity index is 0.000000314. The molecule has 0 aliphatic heterocycles. The molecule has 374 valence electrons. The molecule has 2 aromatic carbocycles. The van der Waals surface area contributed by atoms with E-state index in [2.05, 4.69) is 244 Å². The number of aryl methyl sites for hydroxylation is 5. The summed E-state index contributed by atoms with van der Waals surface area (Å²) in [7, 11) is 0. The van der Waals surface area contributed by atoms with Crippen LogP contribution in [0.5, 0.6) is 0 Å². The molecule has 0 aliphatic rings. The van der Waals surface area contributed by atoms with Crippen LogP contribution < -0.4 is 18.3 Å². The molecule has 5 aromatic heterocycles. The lowest BCUT2D eigenvalue weighted by molar-refractivity contribution is -0.694. The van der Waals surface area contributed by atoms with E-state index in [-0.39, 0.29) is 0 Å². The molecule has 0 radical (unpaired) electrons. The van der Waals surface area contributed by atoms with Gasteiger partial charge in [-0.25, -0.2) is 41.5 Å². The van der Waals surface area contributed by atoms with Gasteiger partial charge in [-0.15, -0.1) is 0 Å². The van der Waals surface area contributed by atoms with Gasteiger partial charge >= 0.3 is 0 Å². The van der Waals surface area contributed by atoms with E-state index < -0.39 is 0 Å². The second kappa shape index (κ2) is 31.7. The maximum Gasteiger partial charge on any atom is 0.244 e. The largest absolute Gasteiger partial charge is 0.337 e. The third-order valence-electron chi connectivity index (χ3n) is 12.4. The van der Waals surface area contributed by atoms with Gasteiger partial charge in [0.25, 0.3) is 0 Å². The van der Waals surface area contributed by atoms with Crippen LogP contribution in [0.2, 0.25) is 0 Å². The number of alkyl halides is 4. The summed E-state index contributed by atoms with van der Waals surface area (Å²) in [5, 5.41) is 3.65. The SMILES string of the molecule is BrCc1cc(CBr)c(CBr)cc1CBr.CCCCn1cc[n+](Cc2cc(C[n+]3ccn(CCCC)c3)c(C[n+]3ccn(CCCC)c3)cc2C[n+]2ccn(CCCC)c2)c1.CCCCn1ccnc1. The van der Waals surface area contributed by atoms with Crippen LogP contribution in [0.4, 0.5) is 0 Å². The highest BCUT2D eigenvalue weighted by Gasteiger charge is 2.20. The molecule has 0 fully saturated rings. The topological polar surface area (TPSA) is 53.1 Å². The van der Waals surface area contributed by atoms with Gasteiger partial charge in [0, 0.05) is 62.5 Å². The van der Waals surface area contributed by atoms with Crippen molar-refractivity contribution in [3.05, 3.63) is 162 Å². The molecule has 0 spiro atoms. The molecule has 7 aromatic rings. The molecule has 69 heavy (non-hydrogen) atoms. The van der Waals surface area contributed by atoms with Crippen LogP contribution in [0.15, 0.2) is 118 Å². The fourth-order valence-corrected chi connectivity index (χ4v) is 10.3. The van der Waals surface area contributed by atoms with E-state index in [4.69, 9.17) is 0 Å². The van der Waals surface area contributed by atoms with Gasteiger partial charge in [0.2, 0.25) is 25.3 Å². The maximum absolute atomic E-state index is 3.94. The number of nitrogens with zero attached hydrogens (tertiary/aromatic N) is 10. The third-order valence-corrected chi connectivity index (χ3v) is 14.8. The van der Waals surface area contributed by atoms with Crippen LogP contribution in [-0.2, 0) is 80.2 Å². The van der Waals surface area contributed by atoms with Crippen molar-refractivity contribution in [3.8, 4) is 0 Å². The predicted molar refractivity (Wildman–Crippen MR) is 295 cm³/mol. The van der Waals surface area contributed by atoms with E-state index in [0.29, 0.717) is 0 Å². The first-order valence-corrected chi connectivity index (χ1v) is 29.9. The summed E-state index contributed by atoms with van der Waals surface area (Å²) >= 11 is 14.0. The summed E-state index contributed by atoms with van der Waals surface area (Å²) in [6, 6.07) is 9.52. The number of hydrogen-bond acceptors (Lipinski definition) is 1. The van der Waals surface area contributed by atoms with Crippen LogP contribution in [-0.4, -0.2) is 27.8 Å². The fourth-order valence-electron chi connectivity index (χ4n) is 8.24. The molecule has 0 amide bonds. The van der Waals surface area contributed by atoms with Crippen LogP contribution in [0.3, 0.4) is 0 Å². The fraction of sp³-hybridized carbons (Fsp3) is 0.509. The summed E-state index contributed by atoms with van der Waals surface area (Å²) in [4.78, 5) is 3.94. The molecular weight excluding hydrogens is 1120 g/mol. The standard InChI is InChI=1S/C38H58N8.C10H10Br4.C7H12N2/c1-5-9-13-39-17-21-43(31-39)27-35-25-37(29-45-23-19-41(33-45)15-11-7-3)38(30-46-24-20-42(34-46)16-12-8-4)26-36(35)28-44-22-18-40(32-44)14-10-6-2;11-3-7-1-8(4-12)10(6-14)2-9(7)5-13;1-2-3-5-9-6-4-8-7-9/h17-26,31-34H,5-16,27-30H2,1-4H3;1-2H,3-6H2;4,6-7H,2-3,5H2,1H3/q+4;;. The smallest absolute Gasteiger partial charge is 0.244 e. The lowest BCUT2D eigenvalue weighted by atomic mass is 9.97. The quantitative estimate of drug-likeness (QED) is 0.0374. The zero-order chi connectivity index (χ0) is 49.2. The van der Waals surface area contributed by atoms with Gasteiger partial charge in [0.15, 0.2) is 0 Å². The molecule has 0 saturated heterocycles. The number of unbranched alkanes of at least 4 members (excludes halogenated alkanes) is 5. The number of benzene rings is 2. The minimum atomic E-state index is 0.863. The Hall–Kier alpha value is -3.59.